The van der Waals surface area contributed by atoms with Crippen molar-refractivity contribution < 1.29 is 4.98 Å². The van der Waals surface area contributed by atoms with E-state index in [1.165, 1.54) is 11.5 Å². The van der Waals surface area contributed by atoms with E-state index in [2.05, 4.69) is 9.36 Å². The Labute approximate surface area is 67.1 Å². The van der Waals surface area contributed by atoms with Gasteiger partial charge in [0.25, 0.3) is 0 Å². The van der Waals surface area contributed by atoms with Gasteiger partial charge in [-0.2, -0.15) is 5.26 Å². The number of hydrogen-bond donors (Lipinski definition) is 0. The zero-order valence-electron chi connectivity index (χ0n) is 5.53. The van der Waals surface area contributed by atoms with Crippen molar-refractivity contribution in [2.45, 2.75) is 0 Å². The lowest BCUT2D eigenvalue weighted by Gasteiger charge is -1.80. The van der Waals surface area contributed by atoms with Crippen molar-refractivity contribution in [3.63, 3.8) is 0 Å². The second-order valence-corrected chi connectivity index (χ2v) is 2.73. The first-order chi connectivity index (χ1) is 5.40. The van der Waals surface area contributed by atoms with Gasteiger partial charge in [0.05, 0.1) is 22.3 Å². The quantitative estimate of drug-likeness (QED) is 0.579. The van der Waals surface area contributed by atoms with Crippen LogP contribution >= 0.6 is 11.5 Å². The lowest BCUT2D eigenvalue weighted by Crippen LogP contribution is -2.08. The van der Waals surface area contributed by atoms with E-state index in [0.717, 1.165) is 11.0 Å². The molecule has 2 aromatic heterocycles. The number of aromatic amines is 1. The van der Waals surface area contributed by atoms with E-state index in [9.17, 15) is 0 Å². The third-order valence-electron chi connectivity index (χ3n) is 1.40. The molecule has 0 fully saturated rings. The summed E-state index contributed by atoms with van der Waals surface area (Å²) >= 11 is 1.38. The van der Waals surface area contributed by atoms with Crippen LogP contribution in [0.15, 0.2) is 17.5 Å². The van der Waals surface area contributed by atoms with E-state index in [0.29, 0.717) is 5.69 Å². The molecular formula is C7H4N3S+. The molecule has 0 amide bonds. The van der Waals surface area contributed by atoms with Crippen LogP contribution in [0.25, 0.3) is 11.0 Å². The van der Waals surface area contributed by atoms with Crippen molar-refractivity contribution in [1.82, 2.24) is 4.37 Å². The average molecular weight is 162 g/mol. The first kappa shape index (κ1) is 6.25. The zero-order valence-corrected chi connectivity index (χ0v) is 6.35. The number of rotatable bonds is 0. The second kappa shape index (κ2) is 2.29. The molecule has 0 atom stereocenters. The molecule has 0 saturated carbocycles. The highest BCUT2D eigenvalue weighted by Crippen LogP contribution is 2.09. The van der Waals surface area contributed by atoms with Crippen LogP contribution in [0.3, 0.4) is 0 Å². The van der Waals surface area contributed by atoms with E-state index in [1.807, 2.05) is 17.5 Å². The van der Waals surface area contributed by atoms with Crippen LogP contribution in [0.2, 0.25) is 0 Å². The van der Waals surface area contributed by atoms with Gasteiger partial charge in [-0.1, -0.05) is 0 Å². The summed E-state index contributed by atoms with van der Waals surface area (Å²) in [6, 6.07) is 5.65. The van der Waals surface area contributed by atoms with Gasteiger partial charge < -0.3 is 0 Å². The number of nitrogens with one attached hydrogen (secondary N) is 1. The molecule has 0 unspecified atom stereocenters. The number of aromatic nitrogens is 2. The fourth-order valence-electron chi connectivity index (χ4n) is 0.865. The van der Waals surface area contributed by atoms with Crippen molar-refractivity contribution in [3.05, 3.63) is 23.2 Å². The van der Waals surface area contributed by atoms with Crippen molar-refractivity contribution >= 4 is 22.6 Å². The highest BCUT2D eigenvalue weighted by Gasteiger charge is 2.05. The van der Waals surface area contributed by atoms with E-state index in [4.69, 9.17) is 5.26 Å². The van der Waals surface area contributed by atoms with Crippen LogP contribution in [-0.4, -0.2) is 4.37 Å². The first-order valence-electron chi connectivity index (χ1n) is 3.06. The molecule has 2 aromatic rings. The van der Waals surface area contributed by atoms with E-state index >= 15 is 0 Å². The minimum absolute atomic E-state index is 0.545. The predicted molar refractivity (Wildman–Crippen MR) is 40.9 cm³/mol. The normalized spacial score (nSPS) is 9.73. The summed E-state index contributed by atoms with van der Waals surface area (Å²) < 4.78 is 4.06. The molecule has 0 spiro atoms. The minimum atomic E-state index is 0.545. The number of nitriles is 1. The van der Waals surface area contributed by atoms with Crippen LogP contribution in [-0.2, 0) is 0 Å². The summed E-state index contributed by atoms with van der Waals surface area (Å²) in [6.07, 6.45) is 0. The molecule has 0 aromatic carbocycles. The van der Waals surface area contributed by atoms with Crippen molar-refractivity contribution in [1.29, 1.82) is 5.26 Å². The van der Waals surface area contributed by atoms with Gasteiger partial charge in [0.2, 0.25) is 5.69 Å². The molecule has 0 aliphatic heterocycles. The number of nitrogens with zero attached hydrogens (tertiary/aromatic N) is 2. The Kier molecular flexibility index (Phi) is 1.30. The Morgan fingerprint density at radius 3 is 3.27 bits per heavy atom. The standard InChI is InChI=1S/C7H3N3S/c8-3-6-2-1-5-4-11-10-7(5)9-6/h1-2,4H/p+1. The molecule has 3 nitrogen and oxygen atoms in total. The molecule has 1 N–H and O–H groups in total. The van der Waals surface area contributed by atoms with Gasteiger partial charge in [-0.15, -0.1) is 0 Å². The van der Waals surface area contributed by atoms with Gasteiger partial charge in [0.15, 0.2) is 0 Å². The third kappa shape index (κ3) is 0.954. The molecule has 0 saturated heterocycles. The van der Waals surface area contributed by atoms with Crippen molar-refractivity contribution in [3.8, 4) is 6.07 Å². The summed E-state index contributed by atoms with van der Waals surface area (Å²) in [7, 11) is 0. The van der Waals surface area contributed by atoms with E-state index in [-0.39, 0.29) is 0 Å². The monoisotopic (exact) mass is 162 g/mol. The molecule has 2 rings (SSSR count). The number of hydrogen-bond acceptors (Lipinski definition) is 3. The summed E-state index contributed by atoms with van der Waals surface area (Å²) in [6.45, 7) is 0. The van der Waals surface area contributed by atoms with Crippen LogP contribution in [0.5, 0.6) is 0 Å². The molecule has 0 aliphatic rings. The second-order valence-electron chi connectivity index (χ2n) is 2.10. The number of H-pyrrole nitrogens is 1. The minimum Gasteiger partial charge on any atom is -0.227 e. The van der Waals surface area contributed by atoms with Crippen molar-refractivity contribution in [2.75, 3.05) is 0 Å². The van der Waals surface area contributed by atoms with Crippen LogP contribution in [0.1, 0.15) is 5.69 Å². The number of pyridine rings is 1. The Bertz CT molecular complexity index is 426. The van der Waals surface area contributed by atoms with Gasteiger partial charge in [-0.3, -0.25) is 0 Å². The predicted octanol–water partition coefficient (Wildman–Crippen LogP) is 0.982. The lowest BCUT2D eigenvalue weighted by atomic mass is 10.3. The van der Waals surface area contributed by atoms with Crippen LogP contribution in [0, 0.1) is 11.3 Å². The fraction of sp³-hybridized carbons (Fsp3) is 0. The van der Waals surface area contributed by atoms with Crippen molar-refractivity contribution in [2.24, 2.45) is 0 Å². The molecule has 2 heterocycles. The van der Waals surface area contributed by atoms with Gasteiger partial charge in [-0.25, -0.2) is 4.98 Å². The maximum Gasteiger partial charge on any atom is 0.344 e. The largest absolute Gasteiger partial charge is 0.344 e. The van der Waals surface area contributed by atoms with Crippen LogP contribution in [0.4, 0.5) is 0 Å². The number of fused-ring (bicyclic) bond motifs is 1. The van der Waals surface area contributed by atoms with Gasteiger partial charge in [-0.05, 0) is 12.1 Å². The highest BCUT2D eigenvalue weighted by atomic mass is 32.1. The first-order valence-corrected chi connectivity index (χ1v) is 3.90. The smallest absolute Gasteiger partial charge is 0.227 e. The molecule has 52 valence electrons. The van der Waals surface area contributed by atoms with E-state index < -0.39 is 0 Å². The topological polar surface area (TPSA) is 50.8 Å². The summed E-state index contributed by atoms with van der Waals surface area (Å²) in [5, 5.41) is 11.5. The Morgan fingerprint density at radius 2 is 2.45 bits per heavy atom. The molecule has 0 aliphatic carbocycles. The molecule has 0 bridgehead atoms. The SMILES string of the molecule is N#Cc1ccc2csnc2[nH+]1. The lowest BCUT2D eigenvalue weighted by molar-refractivity contribution is -0.351. The molecular weight excluding hydrogens is 158 g/mol. The molecule has 11 heavy (non-hydrogen) atoms. The molecule has 4 heteroatoms. The third-order valence-corrected chi connectivity index (χ3v) is 2.05. The maximum absolute atomic E-state index is 8.53. The highest BCUT2D eigenvalue weighted by molar-refractivity contribution is 7.04. The summed E-state index contributed by atoms with van der Waals surface area (Å²) in [5.74, 6) is 0. The van der Waals surface area contributed by atoms with Gasteiger partial charge >= 0.3 is 5.65 Å². The maximum atomic E-state index is 8.53. The summed E-state index contributed by atoms with van der Waals surface area (Å²) in [5.41, 5.74) is 1.33. The average Bonchev–Trinajstić information content (AvgIpc) is 2.50. The van der Waals surface area contributed by atoms with Crippen LogP contribution < -0.4 is 4.98 Å². The van der Waals surface area contributed by atoms with E-state index in [1.54, 1.807) is 6.07 Å². The fourth-order valence-corrected chi connectivity index (χ4v) is 1.48. The Hall–Kier alpha value is -1.47. The van der Waals surface area contributed by atoms with Gasteiger partial charge in [0.1, 0.15) is 6.07 Å². The summed E-state index contributed by atoms with van der Waals surface area (Å²) in [4.78, 5) is 2.89. The molecule has 0 radical (unpaired) electrons. The Morgan fingerprint density at radius 1 is 1.55 bits per heavy atom. The Balaban J connectivity index is 2.79. The zero-order chi connectivity index (χ0) is 7.68. The van der Waals surface area contributed by atoms with Gasteiger partial charge in [0, 0.05) is 4.37 Å².